The lowest BCUT2D eigenvalue weighted by molar-refractivity contribution is -0.149. The van der Waals surface area contributed by atoms with Gasteiger partial charge in [0.1, 0.15) is 17.1 Å². The monoisotopic (exact) mass is 295 g/mol. The van der Waals surface area contributed by atoms with Gasteiger partial charge in [0.2, 0.25) is 0 Å². The first-order valence-corrected chi connectivity index (χ1v) is 6.98. The molecule has 0 saturated carbocycles. The molecule has 0 unspecified atom stereocenters. The minimum Gasteiger partial charge on any atom is -0.507 e. The fraction of sp³-hybridized carbons (Fsp3) is 0.467. The van der Waals surface area contributed by atoms with Crippen LogP contribution >= 0.6 is 0 Å². The van der Waals surface area contributed by atoms with Crippen LogP contribution in [0, 0.1) is 11.7 Å². The molecule has 1 fully saturated rings. The predicted octanol–water partition coefficient (Wildman–Crippen LogP) is 1.95. The molecule has 0 radical (unpaired) electrons. The van der Waals surface area contributed by atoms with Gasteiger partial charge in [-0.3, -0.25) is 9.59 Å². The third kappa shape index (κ3) is 3.32. The van der Waals surface area contributed by atoms with Crippen LogP contribution in [-0.4, -0.2) is 41.6 Å². The summed E-state index contributed by atoms with van der Waals surface area (Å²) in [5.41, 5.74) is -0.313. The Bertz CT molecular complexity index is 518. The van der Waals surface area contributed by atoms with Gasteiger partial charge in [-0.25, -0.2) is 4.39 Å². The van der Waals surface area contributed by atoms with Gasteiger partial charge in [-0.2, -0.15) is 0 Å². The molecule has 0 aromatic heterocycles. The number of rotatable bonds is 3. The summed E-state index contributed by atoms with van der Waals surface area (Å²) in [5, 5.41) is 9.64. The maximum absolute atomic E-state index is 13.7. The number of aromatic hydroxyl groups is 1. The van der Waals surface area contributed by atoms with Crippen LogP contribution < -0.4 is 0 Å². The summed E-state index contributed by atoms with van der Waals surface area (Å²) in [6, 6.07) is 3.76. The maximum atomic E-state index is 13.7. The van der Waals surface area contributed by atoms with Gasteiger partial charge in [-0.15, -0.1) is 0 Å². The standard InChI is InChI=1S/C15H18FNO4/c1-2-21-15(20)10-6-8-17(9-7-10)14(19)13-11(16)4-3-5-12(13)18/h3-5,10,18H,2,6-9H2,1H3. The van der Waals surface area contributed by atoms with Crippen LogP contribution in [-0.2, 0) is 9.53 Å². The number of ether oxygens (including phenoxy) is 1. The number of nitrogens with zero attached hydrogens (tertiary/aromatic N) is 1. The van der Waals surface area contributed by atoms with Crippen LogP contribution in [0.25, 0.3) is 0 Å². The molecule has 1 N–H and O–H groups in total. The minimum absolute atomic E-state index is 0.219. The first-order chi connectivity index (χ1) is 10.0. The Hall–Kier alpha value is -2.11. The fourth-order valence-electron chi connectivity index (χ4n) is 2.46. The van der Waals surface area contributed by atoms with Crippen LogP contribution in [0.2, 0.25) is 0 Å². The Morgan fingerprint density at radius 2 is 2.05 bits per heavy atom. The second kappa shape index (κ2) is 6.56. The smallest absolute Gasteiger partial charge is 0.309 e. The average Bonchev–Trinajstić information content (AvgIpc) is 2.47. The lowest BCUT2D eigenvalue weighted by Gasteiger charge is -2.31. The molecule has 1 amide bonds. The van der Waals surface area contributed by atoms with Gasteiger partial charge in [0.05, 0.1) is 12.5 Å². The third-order valence-electron chi connectivity index (χ3n) is 3.61. The molecule has 1 aromatic rings. The number of phenols is 1. The van der Waals surface area contributed by atoms with Crippen LogP contribution in [0.15, 0.2) is 18.2 Å². The van der Waals surface area contributed by atoms with E-state index in [0.717, 1.165) is 6.07 Å². The number of carbonyl (C=O) groups excluding carboxylic acids is 2. The topological polar surface area (TPSA) is 66.8 Å². The Morgan fingerprint density at radius 3 is 2.62 bits per heavy atom. The van der Waals surface area contributed by atoms with E-state index in [1.165, 1.54) is 17.0 Å². The van der Waals surface area contributed by atoms with E-state index in [4.69, 9.17) is 4.74 Å². The summed E-state index contributed by atoms with van der Waals surface area (Å²) in [4.78, 5) is 25.3. The van der Waals surface area contributed by atoms with Crippen molar-refractivity contribution >= 4 is 11.9 Å². The lowest BCUT2D eigenvalue weighted by Crippen LogP contribution is -2.41. The Labute approximate surface area is 122 Å². The van der Waals surface area contributed by atoms with Gasteiger partial charge in [0, 0.05) is 13.1 Å². The van der Waals surface area contributed by atoms with Crippen molar-refractivity contribution in [1.82, 2.24) is 4.90 Å². The summed E-state index contributed by atoms with van der Waals surface area (Å²) < 4.78 is 18.6. The number of likely N-dealkylation sites (tertiary alicyclic amines) is 1. The Morgan fingerprint density at radius 1 is 1.38 bits per heavy atom. The molecule has 1 aliphatic rings. The zero-order chi connectivity index (χ0) is 15.4. The first kappa shape index (κ1) is 15.3. The summed E-state index contributed by atoms with van der Waals surface area (Å²) in [7, 11) is 0. The normalized spacial score (nSPS) is 15.8. The Kier molecular flexibility index (Phi) is 4.77. The van der Waals surface area contributed by atoms with Crippen molar-refractivity contribution in [3.8, 4) is 5.75 Å². The molecular formula is C15H18FNO4. The third-order valence-corrected chi connectivity index (χ3v) is 3.61. The van der Waals surface area contributed by atoms with E-state index < -0.39 is 11.7 Å². The quantitative estimate of drug-likeness (QED) is 0.865. The van der Waals surface area contributed by atoms with E-state index in [1.54, 1.807) is 6.92 Å². The number of benzene rings is 1. The van der Waals surface area contributed by atoms with E-state index in [0.29, 0.717) is 32.5 Å². The van der Waals surface area contributed by atoms with Gasteiger partial charge in [0.15, 0.2) is 0 Å². The zero-order valence-corrected chi connectivity index (χ0v) is 11.8. The number of phenolic OH excluding ortho intramolecular Hbond substituents is 1. The summed E-state index contributed by atoms with van der Waals surface area (Å²) in [6.45, 7) is 2.77. The molecule has 1 aromatic carbocycles. The minimum atomic E-state index is -0.743. The number of piperidine rings is 1. The molecular weight excluding hydrogens is 277 g/mol. The first-order valence-electron chi connectivity index (χ1n) is 6.98. The van der Waals surface area contributed by atoms with Crippen LogP contribution in [0.3, 0.4) is 0 Å². The van der Waals surface area contributed by atoms with Gasteiger partial charge in [-0.1, -0.05) is 6.07 Å². The second-order valence-electron chi connectivity index (χ2n) is 4.95. The van der Waals surface area contributed by atoms with E-state index in [9.17, 15) is 19.1 Å². The van der Waals surface area contributed by atoms with E-state index in [1.807, 2.05) is 0 Å². The van der Waals surface area contributed by atoms with Crippen molar-refractivity contribution < 1.29 is 23.8 Å². The van der Waals surface area contributed by atoms with Crippen molar-refractivity contribution in [2.24, 2.45) is 5.92 Å². The van der Waals surface area contributed by atoms with E-state index in [2.05, 4.69) is 0 Å². The van der Waals surface area contributed by atoms with Crippen molar-refractivity contribution in [3.63, 3.8) is 0 Å². The average molecular weight is 295 g/mol. The summed E-state index contributed by atoms with van der Waals surface area (Å²) in [6.07, 6.45) is 0.972. The molecule has 1 aliphatic heterocycles. The SMILES string of the molecule is CCOC(=O)C1CCN(C(=O)c2c(O)cccc2F)CC1. The summed E-state index contributed by atoms with van der Waals surface area (Å²) >= 11 is 0. The van der Waals surface area contributed by atoms with Crippen molar-refractivity contribution in [2.45, 2.75) is 19.8 Å². The molecule has 1 heterocycles. The van der Waals surface area contributed by atoms with Crippen molar-refractivity contribution in [3.05, 3.63) is 29.6 Å². The van der Waals surface area contributed by atoms with Gasteiger partial charge >= 0.3 is 5.97 Å². The maximum Gasteiger partial charge on any atom is 0.309 e. The number of halogens is 1. The summed E-state index contributed by atoms with van der Waals surface area (Å²) in [5.74, 6) is -2.13. The van der Waals surface area contributed by atoms with Gasteiger partial charge in [0.25, 0.3) is 5.91 Å². The zero-order valence-electron chi connectivity index (χ0n) is 11.8. The molecule has 21 heavy (non-hydrogen) atoms. The highest BCUT2D eigenvalue weighted by Gasteiger charge is 2.30. The number of carbonyl (C=O) groups is 2. The molecule has 0 atom stereocenters. The van der Waals surface area contributed by atoms with E-state index >= 15 is 0 Å². The van der Waals surface area contributed by atoms with Crippen LogP contribution in [0.4, 0.5) is 4.39 Å². The highest BCUT2D eigenvalue weighted by atomic mass is 19.1. The largest absolute Gasteiger partial charge is 0.507 e. The Balaban J connectivity index is 2.02. The highest BCUT2D eigenvalue weighted by molar-refractivity contribution is 5.97. The van der Waals surface area contributed by atoms with Gasteiger partial charge in [-0.05, 0) is 31.9 Å². The molecule has 6 heteroatoms. The molecule has 0 aliphatic carbocycles. The van der Waals surface area contributed by atoms with Crippen molar-refractivity contribution in [1.29, 1.82) is 0 Å². The second-order valence-corrected chi connectivity index (χ2v) is 4.95. The highest BCUT2D eigenvalue weighted by Crippen LogP contribution is 2.25. The number of hydrogen-bond donors (Lipinski definition) is 1. The predicted molar refractivity (Wildman–Crippen MR) is 73.3 cm³/mol. The van der Waals surface area contributed by atoms with Crippen LogP contribution in [0.5, 0.6) is 5.75 Å². The number of esters is 1. The molecule has 2 rings (SSSR count). The molecule has 0 spiro atoms. The molecule has 114 valence electrons. The van der Waals surface area contributed by atoms with Gasteiger partial charge < -0.3 is 14.7 Å². The molecule has 5 nitrogen and oxygen atoms in total. The number of amides is 1. The molecule has 1 saturated heterocycles. The molecule has 0 bridgehead atoms. The van der Waals surface area contributed by atoms with E-state index in [-0.39, 0.29) is 23.2 Å². The van der Waals surface area contributed by atoms with Crippen molar-refractivity contribution in [2.75, 3.05) is 19.7 Å². The lowest BCUT2D eigenvalue weighted by atomic mass is 9.96. The van der Waals surface area contributed by atoms with Crippen LogP contribution in [0.1, 0.15) is 30.1 Å². The number of hydrogen-bond acceptors (Lipinski definition) is 4. The fourth-order valence-corrected chi connectivity index (χ4v) is 2.46.